The van der Waals surface area contributed by atoms with Crippen molar-refractivity contribution in [3.8, 4) is 11.1 Å². The lowest BCUT2D eigenvalue weighted by Crippen LogP contribution is -2.39. The zero-order valence-electron chi connectivity index (χ0n) is 13.2. The van der Waals surface area contributed by atoms with E-state index in [4.69, 9.17) is 0 Å². The highest BCUT2D eigenvalue weighted by Gasteiger charge is 2.28. The Kier molecular flexibility index (Phi) is 3.29. The summed E-state index contributed by atoms with van der Waals surface area (Å²) in [6.07, 6.45) is 2.24. The number of ketones is 1. The monoisotopic (exact) mass is 305 g/mol. The van der Waals surface area contributed by atoms with E-state index in [1.807, 2.05) is 41.3 Å². The average molecular weight is 305 g/mol. The molecule has 3 nitrogen and oxygen atoms in total. The number of nitrogens with zero attached hydrogens (tertiary/aromatic N) is 1. The number of rotatable bonds is 1. The van der Waals surface area contributed by atoms with Crippen molar-refractivity contribution < 1.29 is 9.59 Å². The Labute approximate surface area is 135 Å². The fourth-order valence-electron chi connectivity index (χ4n) is 3.72. The van der Waals surface area contributed by atoms with Crippen molar-refractivity contribution in [3.05, 3.63) is 59.2 Å². The van der Waals surface area contributed by atoms with E-state index in [1.54, 1.807) is 6.07 Å². The van der Waals surface area contributed by atoms with Gasteiger partial charge in [-0.05, 0) is 42.0 Å². The van der Waals surface area contributed by atoms with E-state index in [9.17, 15) is 9.59 Å². The molecule has 0 aromatic heterocycles. The van der Waals surface area contributed by atoms with Gasteiger partial charge in [-0.1, -0.05) is 37.3 Å². The number of benzene rings is 2. The van der Waals surface area contributed by atoms with Gasteiger partial charge in [0.1, 0.15) is 0 Å². The molecule has 0 spiro atoms. The van der Waals surface area contributed by atoms with Crippen LogP contribution in [0.4, 0.5) is 0 Å². The molecule has 4 rings (SSSR count). The zero-order valence-corrected chi connectivity index (χ0v) is 13.2. The van der Waals surface area contributed by atoms with E-state index in [0.717, 1.165) is 36.2 Å². The second-order valence-electron chi connectivity index (χ2n) is 6.63. The summed E-state index contributed by atoms with van der Waals surface area (Å²) >= 11 is 0. The molecule has 2 aromatic rings. The smallest absolute Gasteiger partial charge is 0.253 e. The van der Waals surface area contributed by atoms with Crippen LogP contribution in [0, 0.1) is 5.92 Å². The molecule has 23 heavy (non-hydrogen) atoms. The number of likely N-dealkylation sites (tertiary alicyclic amines) is 1. The molecule has 1 unspecified atom stereocenters. The third kappa shape index (κ3) is 2.27. The van der Waals surface area contributed by atoms with Crippen LogP contribution < -0.4 is 0 Å². The molecule has 0 bridgehead atoms. The number of hydrogen-bond acceptors (Lipinski definition) is 2. The third-order valence-electron chi connectivity index (χ3n) is 4.92. The largest absolute Gasteiger partial charge is 0.338 e. The predicted molar refractivity (Wildman–Crippen MR) is 89.6 cm³/mol. The van der Waals surface area contributed by atoms with Crippen LogP contribution >= 0.6 is 0 Å². The van der Waals surface area contributed by atoms with Crippen LogP contribution in [0.1, 0.15) is 46.0 Å². The summed E-state index contributed by atoms with van der Waals surface area (Å²) in [4.78, 5) is 27.2. The van der Waals surface area contributed by atoms with E-state index >= 15 is 0 Å². The molecule has 116 valence electrons. The maximum atomic E-state index is 12.7. The second kappa shape index (κ2) is 5.34. The molecular weight excluding hydrogens is 286 g/mol. The Morgan fingerprint density at radius 2 is 1.78 bits per heavy atom. The topological polar surface area (TPSA) is 37.4 Å². The van der Waals surface area contributed by atoms with Crippen LogP contribution in [0.2, 0.25) is 0 Å². The van der Waals surface area contributed by atoms with Gasteiger partial charge < -0.3 is 4.90 Å². The minimum absolute atomic E-state index is 0.0252. The predicted octanol–water partition coefficient (Wildman–Crippen LogP) is 3.77. The summed E-state index contributed by atoms with van der Waals surface area (Å²) in [7, 11) is 0. The third-order valence-corrected chi connectivity index (χ3v) is 4.92. The standard InChI is InChI=1S/C20H19NO2/c1-13-5-4-10-21(12-13)20(23)14-8-9-16-15-6-2-3-7-17(15)19(22)18(16)11-14/h2-3,6-9,11,13H,4-5,10,12H2,1H3. The maximum absolute atomic E-state index is 12.7. The molecule has 1 aliphatic heterocycles. The van der Waals surface area contributed by atoms with Crippen molar-refractivity contribution in [2.75, 3.05) is 13.1 Å². The normalized spacial score (nSPS) is 19.4. The molecule has 2 aliphatic rings. The molecular formula is C20H19NO2. The van der Waals surface area contributed by atoms with E-state index in [2.05, 4.69) is 6.92 Å². The number of carbonyl (C=O) groups excluding carboxylic acids is 2. The Hall–Kier alpha value is -2.42. The van der Waals surface area contributed by atoms with Crippen LogP contribution in [0.25, 0.3) is 11.1 Å². The number of fused-ring (bicyclic) bond motifs is 3. The minimum Gasteiger partial charge on any atom is -0.338 e. The summed E-state index contributed by atoms with van der Waals surface area (Å²) in [6.45, 7) is 3.81. The molecule has 1 fully saturated rings. The van der Waals surface area contributed by atoms with Crippen molar-refractivity contribution in [2.45, 2.75) is 19.8 Å². The van der Waals surface area contributed by atoms with Gasteiger partial charge in [0, 0.05) is 29.8 Å². The molecule has 0 radical (unpaired) electrons. The first-order valence-electron chi connectivity index (χ1n) is 8.22. The van der Waals surface area contributed by atoms with E-state index in [-0.39, 0.29) is 11.7 Å². The van der Waals surface area contributed by atoms with Gasteiger partial charge in [-0.15, -0.1) is 0 Å². The molecule has 1 saturated heterocycles. The maximum Gasteiger partial charge on any atom is 0.253 e. The first kappa shape index (κ1) is 14.2. The minimum atomic E-state index is 0.0252. The highest BCUT2D eigenvalue weighted by molar-refractivity contribution is 6.22. The molecule has 3 heteroatoms. The van der Waals surface area contributed by atoms with E-state index in [1.165, 1.54) is 6.42 Å². The summed E-state index contributed by atoms with van der Waals surface area (Å²) in [5, 5.41) is 0. The Morgan fingerprint density at radius 3 is 2.57 bits per heavy atom. The first-order valence-corrected chi connectivity index (χ1v) is 8.22. The number of amides is 1. The summed E-state index contributed by atoms with van der Waals surface area (Å²) in [5.41, 5.74) is 3.92. The van der Waals surface area contributed by atoms with Crippen LogP contribution in [0.5, 0.6) is 0 Å². The highest BCUT2D eigenvalue weighted by atomic mass is 16.2. The lowest BCUT2D eigenvalue weighted by Gasteiger charge is -2.31. The van der Waals surface area contributed by atoms with Gasteiger partial charge in [-0.2, -0.15) is 0 Å². The summed E-state index contributed by atoms with van der Waals surface area (Å²) in [6, 6.07) is 13.2. The highest BCUT2D eigenvalue weighted by Crippen LogP contribution is 2.37. The van der Waals surface area contributed by atoms with Gasteiger partial charge in [0.2, 0.25) is 0 Å². The summed E-state index contributed by atoms with van der Waals surface area (Å²) in [5.74, 6) is 0.619. The van der Waals surface area contributed by atoms with Crippen molar-refractivity contribution >= 4 is 11.7 Å². The second-order valence-corrected chi connectivity index (χ2v) is 6.63. The van der Waals surface area contributed by atoms with Gasteiger partial charge in [-0.25, -0.2) is 0 Å². The zero-order chi connectivity index (χ0) is 16.0. The van der Waals surface area contributed by atoms with Gasteiger partial charge in [-0.3, -0.25) is 9.59 Å². The Bertz CT molecular complexity index is 809. The molecule has 2 aromatic carbocycles. The van der Waals surface area contributed by atoms with Crippen LogP contribution in [0.3, 0.4) is 0 Å². The number of hydrogen-bond donors (Lipinski definition) is 0. The fourth-order valence-corrected chi connectivity index (χ4v) is 3.72. The van der Waals surface area contributed by atoms with Crippen LogP contribution in [-0.2, 0) is 0 Å². The molecule has 1 aliphatic carbocycles. The van der Waals surface area contributed by atoms with Gasteiger partial charge in [0.25, 0.3) is 5.91 Å². The van der Waals surface area contributed by atoms with Crippen molar-refractivity contribution in [1.82, 2.24) is 4.90 Å². The van der Waals surface area contributed by atoms with Crippen LogP contribution in [0.15, 0.2) is 42.5 Å². The quantitative estimate of drug-likeness (QED) is 0.686. The lowest BCUT2D eigenvalue weighted by atomic mass is 9.98. The Morgan fingerprint density at radius 1 is 1.04 bits per heavy atom. The van der Waals surface area contributed by atoms with Crippen LogP contribution in [-0.4, -0.2) is 29.7 Å². The van der Waals surface area contributed by atoms with E-state index < -0.39 is 0 Å². The first-order chi connectivity index (χ1) is 11.1. The molecule has 1 heterocycles. The van der Waals surface area contributed by atoms with Crippen molar-refractivity contribution in [1.29, 1.82) is 0 Å². The van der Waals surface area contributed by atoms with Crippen molar-refractivity contribution in [2.24, 2.45) is 5.92 Å². The van der Waals surface area contributed by atoms with E-state index in [0.29, 0.717) is 17.0 Å². The lowest BCUT2D eigenvalue weighted by molar-refractivity contribution is 0.0683. The van der Waals surface area contributed by atoms with Gasteiger partial charge in [0.15, 0.2) is 5.78 Å². The summed E-state index contributed by atoms with van der Waals surface area (Å²) < 4.78 is 0. The molecule has 0 saturated carbocycles. The van der Waals surface area contributed by atoms with Gasteiger partial charge >= 0.3 is 0 Å². The van der Waals surface area contributed by atoms with Gasteiger partial charge in [0.05, 0.1) is 0 Å². The number of carbonyl (C=O) groups is 2. The molecule has 0 N–H and O–H groups in total. The fraction of sp³-hybridized carbons (Fsp3) is 0.300. The average Bonchev–Trinajstić information content (AvgIpc) is 2.87. The molecule has 1 atom stereocenters. The van der Waals surface area contributed by atoms with Crippen molar-refractivity contribution in [3.63, 3.8) is 0 Å². The molecule has 1 amide bonds. The Balaban J connectivity index is 1.69. The SMILES string of the molecule is CC1CCCN(C(=O)c2ccc3c(c2)C(=O)c2ccccc2-3)C1. The number of piperidine rings is 1.